The minimum Gasteiger partial charge on any atom is -0.465 e. The van der Waals surface area contributed by atoms with Gasteiger partial charge >= 0.3 is 5.97 Å². The van der Waals surface area contributed by atoms with Crippen molar-refractivity contribution in [3.05, 3.63) is 57.9 Å². The molecule has 0 fully saturated rings. The van der Waals surface area contributed by atoms with Gasteiger partial charge in [-0.2, -0.15) is 0 Å². The molecule has 0 amide bonds. The molecule has 1 heterocycles. The highest BCUT2D eigenvalue weighted by Crippen LogP contribution is 2.41. The fourth-order valence-electron chi connectivity index (χ4n) is 3.74. The minimum absolute atomic E-state index is 0.0393. The monoisotopic (exact) mass is 414 g/mol. The molecule has 154 valence electrons. The lowest BCUT2D eigenvalue weighted by Gasteiger charge is -2.33. The van der Waals surface area contributed by atoms with Gasteiger partial charge in [-0.1, -0.05) is 37.8 Å². The largest absolute Gasteiger partial charge is 0.465 e. The third-order valence-electron chi connectivity index (χ3n) is 5.06. The van der Waals surface area contributed by atoms with E-state index in [0.29, 0.717) is 47.3 Å². The van der Waals surface area contributed by atoms with E-state index in [9.17, 15) is 9.59 Å². The topological polar surface area (TPSA) is 70.4 Å². The minimum atomic E-state index is -0.417. The molecule has 0 saturated heterocycles. The van der Waals surface area contributed by atoms with Gasteiger partial charge in [0.15, 0.2) is 5.16 Å². The van der Waals surface area contributed by atoms with Crippen molar-refractivity contribution in [1.82, 2.24) is 9.55 Å². The van der Waals surface area contributed by atoms with Crippen LogP contribution in [0.25, 0.3) is 11.3 Å². The fraction of sp³-hybridized carbons (Fsp3) is 0.409. The lowest BCUT2D eigenvalue weighted by atomic mass is 9.72. The van der Waals surface area contributed by atoms with Crippen molar-refractivity contribution in [2.75, 3.05) is 26.6 Å². The van der Waals surface area contributed by atoms with E-state index >= 15 is 0 Å². The van der Waals surface area contributed by atoms with Crippen LogP contribution in [0, 0.1) is 0 Å². The molecule has 1 aliphatic carbocycles. The molecule has 0 N–H and O–H groups in total. The normalized spacial score (nSPS) is 14.1. The molecular formula is C22H26N2O4S. The Morgan fingerprint density at radius 2 is 2.14 bits per heavy atom. The van der Waals surface area contributed by atoms with E-state index in [-0.39, 0.29) is 11.5 Å². The molecule has 0 saturated carbocycles. The fourth-order valence-corrected chi connectivity index (χ4v) is 4.64. The van der Waals surface area contributed by atoms with Gasteiger partial charge < -0.3 is 9.47 Å². The number of methoxy groups -OCH3 is 2. The number of allylic oxidation sites excluding steroid dienone is 1. The van der Waals surface area contributed by atoms with Crippen molar-refractivity contribution in [3.63, 3.8) is 0 Å². The number of carbonyl (C=O) groups is 1. The van der Waals surface area contributed by atoms with Gasteiger partial charge in [-0.25, -0.2) is 9.78 Å². The molecular weight excluding hydrogens is 388 g/mol. The number of aromatic nitrogens is 2. The van der Waals surface area contributed by atoms with Crippen LogP contribution in [0.3, 0.4) is 0 Å². The quantitative estimate of drug-likeness (QED) is 0.227. The Kier molecular flexibility index (Phi) is 6.29. The van der Waals surface area contributed by atoms with Crippen LogP contribution in [0.5, 0.6) is 0 Å². The first-order valence-corrected chi connectivity index (χ1v) is 10.4. The SMILES string of the molecule is C=CCn1c(SCCOC)nc2c(c1=O)C(C)(C)Cc1cc(C(=O)OC)ccc1-2. The maximum absolute atomic E-state index is 13.5. The zero-order valence-electron chi connectivity index (χ0n) is 17.3. The second kappa shape index (κ2) is 8.55. The van der Waals surface area contributed by atoms with Crippen molar-refractivity contribution in [2.45, 2.75) is 37.4 Å². The number of rotatable bonds is 7. The first-order chi connectivity index (χ1) is 13.8. The molecule has 1 aromatic heterocycles. The smallest absolute Gasteiger partial charge is 0.337 e. The molecule has 0 bridgehead atoms. The van der Waals surface area contributed by atoms with Gasteiger partial charge in [0.1, 0.15) is 0 Å². The number of nitrogens with zero attached hydrogens (tertiary/aromatic N) is 2. The van der Waals surface area contributed by atoms with Crippen molar-refractivity contribution in [2.24, 2.45) is 0 Å². The Hall–Kier alpha value is -2.38. The van der Waals surface area contributed by atoms with Crippen LogP contribution in [0.4, 0.5) is 0 Å². The molecule has 3 rings (SSSR count). The maximum Gasteiger partial charge on any atom is 0.337 e. The van der Waals surface area contributed by atoms with Gasteiger partial charge in [-0.3, -0.25) is 9.36 Å². The number of fused-ring (bicyclic) bond motifs is 3. The van der Waals surface area contributed by atoms with E-state index in [1.54, 1.807) is 23.8 Å². The van der Waals surface area contributed by atoms with Gasteiger partial charge in [-0.05, 0) is 24.1 Å². The molecule has 29 heavy (non-hydrogen) atoms. The van der Waals surface area contributed by atoms with Gasteiger partial charge in [0.2, 0.25) is 0 Å². The summed E-state index contributed by atoms with van der Waals surface area (Å²) in [6.07, 6.45) is 2.35. The summed E-state index contributed by atoms with van der Waals surface area (Å²) in [6.45, 7) is 8.84. The predicted octanol–water partition coefficient (Wildman–Crippen LogP) is 3.46. The van der Waals surface area contributed by atoms with Crippen molar-refractivity contribution in [1.29, 1.82) is 0 Å². The summed E-state index contributed by atoms with van der Waals surface area (Å²) in [5.41, 5.74) is 3.32. The van der Waals surface area contributed by atoms with E-state index in [1.807, 2.05) is 26.0 Å². The number of benzene rings is 1. The first-order valence-electron chi connectivity index (χ1n) is 9.43. The summed E-state index contributed by atoms with van der Waals surface area (Å²) in [7, 11) is 3.02. The van der Waals surface area contributed by atoms with Crippen LogP contribution in [0.1, 0.15) is 35.3 Å². The van der Waals surface area contributed by atoms with Gasteiger partial charge in [-0.15, -0.1) is 6.58 Å². The van der Waals surface area contributed by atoms with Crippen LogP contribution in [0.2, 0.25) is 0 Å². The first kappa shape index (κ1) is 21.3. The lowest BCUT2D eigenvalue weighted by Crippen LogP contribution is -2.38. The Morgan fingerprint density at radius 1 is 1.38 bits per heavy atom. The number of carbonyl (C=O) groups excluding carboxylic acids is 1. The van der Waals surface area contributed by atoms with Crippen LogP contribution < -0.4 is 5.56 Å². The highest BCUT2D eigenvalue weighted by Gasteiger charge is 2.36. The van der Waals surface area contributed by atoms with Crippen LogP contribution >= 0.6 is 11.8 Å². The highest BCUT2D eigenvalue weighted by atomic mass is 32.2. The molecule has 6 nitrogen and oxygen atoms in total. The lowest BCUT2D eigenvalue weighted by molar-refractivity contribution is 0.0600. The summed E-state index contributed by atoms with van der Waals surface area (Å²) in [6, 6.07) is 5.44. The molecule has 7 heteroatoms. The molecule has 2 aromatic rings. The Balaban J connectivity index is 2.22. The highest BCUT2D eigenvalue weighted by molar-refractivity contribution is 7.99. The van der Waals surface area contributed by atoms with Crippen LogP contribution in [-0.2, 0) is 27.9 Å². The third-order valence-corrected chi connectivity index (χ3v) is 6.00. The molecule has 1 aromatic carbocycles. The molecule has 0 radical (unpaired) electrons. The maximum atomic E-state index is 13.5. The predicted molar refractivity (Wildman–Crippen MR) is 115 cm³/mol. The molecule has 0 atom stereocenters. The number of esters is 1. The summed E-state index contributed by atoms with van der Waals surface area (Å²) in [5, 5.41) is 0.645. The summed E-state index contributed by atoms with van der Waals surface area (Å²) >= 11 is 1.49. The number of thioether (sulfide) groups is 1. The standard InChI is InChI=1S/C22H26N2O4S/c1-6-9-24-19(25)17-18(23-21(24)29-11-10-27-4)16-8-7-14(20(26)28-5)12-15(16)13-22(17,2)3/h6-8,12H,1,9-11,13H2,2-5H3. The van der Waals surface area contributed by atoms with E-state index < -0.39 is 5.41 Å². The van der Waals surface area contributed by atoms with Crippen molar-refractivity contribution < 1.29 is 14.3 Å². The second-order valence-electron chi connectivity index (χ2n) is 7.59. The van der Waals surface area contributed by atoms with Gasteiger partial charge in [0, 0.05) is 35.9 Å². The average Bonchev–Trinajstić information content (AvgIpc) is 2.68. The number of ether oxygens (including phenoxy) is 2. The summed E-state index contributed by atoms with van der Waals surface area (Å²) < 4.78 is 11.7. The van der Waals surface area contributed by atoms with Gasteiger partial charge in [0.25, 0.3) is 5.56 Å². The van der Waals surface area contributed by atoms with Crippen LogP contribution in [0.15, 0.2) is 40.8 Å². The molecule has 0 aliphatic heterocycles. The molecule has 1 aliphatic rings. The average molecular weight is 415 g/mol. The van der Waals surface area contributed by atoms with Crippen molar-refractivity contribution in [3.8, 4) is 11.3 Å². The van der Waals surface area contributed by atoms with E-state index in [0.717, 1.165) is 11.1 Å². The van der Waals surface area contributed by atoms with Gasteiger partial charge in [0.05, 0.1) is 25.0 Å². The van der Waals surface area contributed by atoms with Crippen molar-refractivity contribution >= 4 is 17.7 Å². The van der Waals surface area contributed by atoms with E-state index in [4.69, 9.17) is 14.5 Å². The molecule has 0 unspecified atom stereocenters. The Morgan fingerprint density at radius 3 is 2.79 bits per heavy atom. The summed E-state index contributed by atoms with van der Waals surface area (Å²) in [5.74, 6) is 0.317. The third kappa shape index (κ3) is 4.02. The van der Waals surface area contributed by atoms with E-state index in [1.165, 1.54) is 18.9 Å². The zero-order valence-corrected chi connectivity index (χ0v) is 18.1. The second-order valence-corrected chi connectivity index (χ2v) is 8.65. The van der Waals surface area contributed by atoms with E-state index in [2.05, 4.69) is 6.58 Å². The summed E-state index contributed by atoms with van der Waals surface area (Å²) in [4.78, 5) is 30.3. The Bertz CT molecular complexity index is 1010. The molecule has 0 spiro atoms. The zero-order chi connectivity index (χ0) is 21.2. The Labute approximate surface area is 174 Å². The number of hydrogen-bond donors (Lipinski definition) is 0. The number of hydrogen-bond acceptors (Lipinski definition) is 6. The van der Waals surface area contributed by atoms with Crippen LogP contribution in [-0.4, -0.2) is 42.1 Å².